The molecule has 4 aromatic rings. The van der Waals surface area contributed by atoms with Crippen molar-refractivity contribution in [1.82, 2.24) is 24.4 Å². The summed E-state index contributed by atoms with van der Waals surface area (Å²) in [7, 11) is 2.18. The number of nitrogens with two attached hydrogens (primary N) is 1. The van der Waals surface area contributed by atoms with Gasteiger partial charge in [-0.2, -0.15) is 0 Å². The maximum atomic E-state index is 12.4. The number of benzene rings is 1. The highest BCUT2D eigenvalue weighted by Gasteiger charge is 2.17. The second-order valence-electron chi connectivity index (χ2n) is 7.00. The summed E-state index contributed by atoms with van der Waals surface area (Å²) in [6.45, 7) is 0. The normalized spacial score (nSPS) is 12.1. The topological polar surface area (TPSA) is 107 Å². The van der Waals surface area contributed by atoms with Crippen molar-refractivity contribution in [2.45, 2.75) is 4.90 Å². The van der Waals surface area contributed by atoms with Crippen LogP contribution in [0.1, 0.15) is 10.4 Å². The van der Waals surface area contributed by atoms with E-state index in [0.717, 1.165) is 10.9 Å². The number of amides is 1. The maximum Gasteiger partial charge on any atom is 0.253 e. The molecule has 1 atom stereocenters. The van der Waals surface area contributed by atoms with Crippen LogP contribution in [0.4, 0.5) is 5.69 Å². The molecule has 0 aliphatic carbocycles. The Balaban J connectivity index is 1.84. The minimum atomic E-state index is -1.21. The maximum absolute atomic E-state index is 12.4. The number of aromatic nitrogens is 4. The van der Waals surface area contributed by atoms with Crippen LogP contribution in [-0.2, 0) is 10.8 Å². The van der Waals surface area contributed by atoms with Crippen LogP contribution in [0.2, 0.25) is 0 Å². The number of carbonyl (C=O) groups is 1. The Morgan fingerprint density at radius 2 is 1.83 bits per heavy atom. The number of fused-ring (bicyclic) bond motifs is 1. The van der Waals surface area contributed by atoms with Crippen LogP contribution in [0.15, 0.2) is 60.0 Å². The number of pyridine rings is 1. The molecular formula is C21H20N6O2S. The van der Waals surface area contributed by atoms with E-state index < -0.39 is 10.8 Å². The largest absolute Gasteiger partial charge is 0.399 e. The average molecular weight is 420 g/mol. The van der Waals surface area contributed by atoms with E-state index in [1.165, 1.54) is 4.90 Å². The molecule has 1 unspecified atom stereocenters. The Kier molecular flexibility index (Phi) is 5.04. The van der Waals surface area contributed by atoms with Gasteiger partial charge in [-0.3, -0.25) is 18.6 Å². The number of nitrogen functional groups attached to an aromatic ring is 1. The van der Waals surface area contributed by atoms with Gasteiger partial charge in [0.05, 0.1) is 26.9 Å². The Morgan fingerprint density at radius 1 is 1.10 bits per heavy atom. The van der Waals surface area contributed by atoms with Gasteiger partial charge >= 0.3 is 0 Å². The lowest BCUT2D eigenvalue weighted by molar-refractivity contribution is 0.0827. The van der Waals surface area contributed by atoms with Crippen molar-refractivity contribution in [2.24, 2.45) is 0 Å². The zero-order valence-corrected chi connectivity index (χ0v) is 17.6. The Morgan fingerprint density at radius 3 is 2.47 bits per heavy atom. The first-order valence-electron chi connectivity index (χ1n) is 9.09. The molecule has 0 bridgehead atoms. The third-order valence-electron chi connectivity index (χ3n) is 4.67. The Hall–Kier alpha value is -3.59. The van der Waals surface area contributed by atoms with Gasteiger partial charge in [0.1, 0.15) is 0 Å². The summed E-state index contributed by atoms with van der Waals surface area (Å²) in [6, 6.07) is 8.78. The van der Waals surface area contributed by atoms with Crippen molar-refractivity contribution in [3.8, 4) is 17.2 Å². The Bertz CT molecular complexity index is 1280. The van der Waals surface area contributed by atoms with Gasteiger partial charge < -0.3 is 10.6 Å². The van der Waals surface area contributed by atoms with Gasteiger partial charge in [0.15, 0.2) is 0 Å². The van der Waals surface area contributed by atoms with E-state index in [9.17, 15) is 9.00 Å². The molecule has 9 heteroatoms. The molecule has 0 saturated carbocycles. The lowest BCUT2D eigenvalue weighted by atomic mass is 10.1. The van der Waals surface area contributed by atoms with Crippen molar-refractivity contribution >= 4 is 33.3 Å². The van der Waals surface area contributed by atoms with E-state index in [4.69, 9.17) is 5.73 Å². The number of hydrogen-bond acceptors (Lipinski definition) is 6. The van der Waals surface area contributed by atoms with Gasteiger partial charge in [-0.25, -0.2) is 9.97 Å². The summed E-state index contributed by atoms with van der Waals surface area (Å²) >= 11 is 0. The number of carbonyl (C=O) groups excluding carboxylic acids is 1. The van der Waals surface area contributed by atoms with Crippen molar-refractivity contribution < 1.29 is 9.00 Å². The molecule has 3 aromatic heterocycles. The number of anilines is 1. The fourth-order valence-corrected chi connectivity index (χ4v) is 3.90. The van der Waals surface area contributed by atoms with Crippen LogP contribution in [0.3, 0.4) is 0 Å². The van der Waals surface area contributed by atoms with Gasteiger partial charge in [0.25, 0.3) is 5.91 Å². The van der Waals surface area contributed by atoms with Gasteiger partial charge in [0.2, 0.25) is 5.95 Å². The van der Waals surface area contributed by atoms with Gasteiger partial charge in [-0.1, -0.05) is 6.07 Å². The second-order valence-corrected chi connectivity index (χ2v) is 8.34. The molecule has 0 radical (unpaired) electrons. The SMILES string of the molecule is CN(C)C(=O)c1ccc2c(S(C)=O)cn(-c3ncc(-c4cc(N)ccn4)cn3)c2c1. The van der Waals surface area contributed by atoms with Crippen molar-refractivity contribution in [3.63, 3.8) is 0 Å². The van der Waals surface area contributed by atoms with Crippen molar-refractivity contribution in [1.29, 1.82) is 0 Å². The molecule has 0 aliphatic heterocycles. The number of hydrogen-bond donors (Lipinski definition) is 1. The number of rotatable bonds is 4. The molecule has 0 fully saturated rings. The van der Waals surface area contributed by atoms with Crippen LogP contribution in [0, 0.1) is 0 Å². The molecule has 30 heavy (non-hydrogen) atoms. The minimum Gasteiger partial charge on any atom is -0.399 e. The molecule has 0 aliphatic rings. The fraction of sp³-hybridized carbons (Fsp3) is 0.143. The summed E-state index contributed by atoms with van der Waals surface area (Å²) in [6.07, 6.45) is 8.32. The molecule has 1 amide bonds. The first-order chi connectivity index (χ1) is 14.3. The highest BCUT2D eigenvalue weighted by Crippen LogP contribution is 2.28. The molecule has 152 valence electrons. The summed E-state index contributed by atoms with van der Waals surface area (Å²) in [5, 5.41) is 0.788. The van der Waals surface area contributed by atoms with E-state index in [1.807, 2.05) is 6.07 Å². The van der Waals surface area contributed by atoms with Crippen LogP contribution < -0.4 is 5.73 Å². The van der Waals surface area contributed by atoms with Crippen LogP contribution in [-0.4, -0.2) is 54.9 Å². The summed E-state index contributed by atoms with van der Waals surface area (Å²) in [4.78, 5) is 27.8. The van der Waals surface area contributed by atoms with Crippen LogP contribution in [0.25, 0.3) is 28.1 Å². The Labute approximate surface area is 175 Å². The van der Waals surface area contributed by atoms with Crippen LogP contribution >= 0.6 is 0 Å². The molecule has 1 aromatic carbocycles. The molecule has 3 heterocycles. The minimum absolute atomic E-state index is 0.118. The smallest absolute Gasteiger partial charge is 0.253 e. The lowest BCUT2D eigenvalue weighted by Gasteiger charge is -2.11. The first-order valence-corrected chi connectivity index (χ1v) is 10.7. The molecule has 0 saturated heterocycles. The quantitative estimate of drug-likeness (QED) is 0.544. The van der Waals surface area contributed by atoms with Gasteiger partial charge in [-0.05, 0) is 24.3 Å². The van der Waals surface area contributed by atoms with Gasteiger partial charge in [0, 0.05) is 67.3 Å². The monoisotopic (exact) mass is 420 g/mol. The molecule has 8 nitrogen and oxygen atoms in total. The first kappa shape index (κ1) is 19.7. The zero-order valence-electron chi connectivity index (χ0n) is 16.7. The van der Waals surface area contributed by atoms with Crippen molar-refractivity contribution in [2.75, 3.05) is 26.1 Å². The summed E-state index contributed by atoms with van der Waals surface area (Å²) in [5.41, 5.74) is 9.07. The predicted molar refractivity (Wildman–Crippen MR) is 117 cm³/mol. The zero-order chi connectivity index (χ0) is 21.4. The van der Waals surface area contributed by atoms with E-state index in [0.29, 0.717) is 33.3 Å². The number of nitrogens with zero attached hydrogens (tertiary/aromatic N) is 5. The molecule has 0 spiro atoms. The van der Waals surface area contributed by atoms with E-state index >= 15 is 0 Å². The van der Waals surface area contributed by atoms with E-state index in [1.54, 1.807) is 74.0 Å². The highest BCUT2D eigenvalue weighted by atomic mass is 32.2. The fourth-order valence-electron chi connectivity index (χ4n) is 3.16. The molecular weight excluding hydrogens is 400 g/mol. The highest BCUT2D eigenvalue weighted by molar-refractivity contribution is 7.84. The standard InChI is InChI=1S/C21H20N6O2S/c1-26(2)20(28)13-4-5-16-18(8-13)27(12-19(16)30(3)29)21-24-10-14(11-25-21)17-9-15(22)6-7-23-17/h4-12H,1-3H3,(H2,22,23). The third kappa shape index (κ3) is 3.55. The van der Waals surface area contributed by atoms with E-state index in [2.05, 4.69) is 15.0 Å². The molecule has 4 rings (SSSR count). The molecule has 2 N–H and O–H groups in total. The lowest BCUT2D eigenvalue weighted by Crippen LogP contribution is -2.21. The predicted octanol–water partition coefficient (Wildman–Crippen LogP) is 2.50. The summed E-state index contributed by atoms with van der Waals surface area (Å²) < 4.78 is 14.0. The average Bonchev–Trinajstić information content (AvgIpc) is 3.12. The van der Waals surface area contributed by atoms with Crippen LogP contribution in [0.5, 0.6) is 0 Å². The van der Waals surface area contributed by atoms with E-state index in [-0.39, 0.29) is 5.91 Å². The summed E-state index contributed by atoms with van der Waals surface area (Å²) in [5.74, 6) is 0.284. The second kappa shape index (κ2) is 7.68. The van der Waals surface area contributed by atoms with Gasteiger partial charge in [-0.15, -0.1) is 0 Å². The van der Waals surface area contributed by atoms with Crippen molar-refractivity contribution in [3.05, 3.63) is 60.7 Å². The third-order valence-corrected chi connectivity index (χ3v) is 5.61.